The number of carbonyl (C=O) groups excluding carboxylic acids is 1. The van der Waals surface area contributed by atoms with E-state index in [1.165, 1.54) is 23.5 Å². The molecule has 0 saturated carbocycles. The molecule has 0 unspecified atom stereocenters. The van der Waals surface area contributed by atoms with E-state index in [0.29, 0.717) is 19.6 Å². The van der Waals surface area contributed by atoms with Crippen LogP contribution in [0.1, 0.15) is 34.3 Å². The average Bonchev–Trinajstić information content (AvgIpc) is 3.41. The normalized spacial score (nSPS) is 17.7. The van der Waals surface area contributed by atoms with Gasteiger partial charge in [0.1, 0.15) is 19.0 Å². The number of amides is 1. The molecule has 2 aliphatic heterocycles. The van der Waals surface area contributed by atoms with Crippen molar-refractivity contribution >= 4 is 17.2 Å². The quantitative estimate of drug-likeness (QED) is 0.579. The fourth-order valence-corrected chi connectivity index (χ4v) is 5.29. The predicted molar refractivity (Wildman–Crippen MR) is 117 cm³/mol. The summed E-state index contributed by atoms with van der Waals surface area (Å²) < 4.78 is 24.7. The van der Waals surface area contributed by atoms with E-state index < -0.39 is 0 Å². The second-order valence-electron chi connectivity index (χ2n) is 7.84. The van der Waals surface area contributed by atoms with Crippen molar-refractivity contribution in [2.45, 2.75) is 32.2 Å². The highest BCUT2D eigenvalue weighted by Crippen LogP contribution is 2.39. The van der Waals surface area contributed by atoms with Gasteiger partial charge in [-0.3, -0.25) is 4.79 Å². The zero-order valence-corrected chi connectivity index (χ0v) is 18.1. The number of aryl methyl sites for hydroxylation is 1. The minimum atomic E-state index is -0.285. The third-order valence-electron chi connectivity index (χ3n) is 5.76. The van der Waals surface area contributed by atoms with Crippen molar-refractivity contribution in [1.82, 2.24) is 9.88 Å². The molecule has 31 heavy (non-hydrogen) atoms. The van der Waals surface area contributed by atoms with Crippen LogP contribution in [0.5, 0.6) is 11.5 Å². The Bertz CT molecular complexity index is 1110. The molecular formula is C24H23FN2O3S. The number of ether oxygens (including phenoxy) is 2. The van der Waals surface area contributed by atoms with Crippen LogP contribution in [0.3, 0.4) is 0 Å². The molecule has 0 bridgehead atoms. The highest BCUT2D eigenvalue weighted by atomic mass is 32.1. The number of nitrogens with zero attached hydrogens (tertiary/aromatic N) is 2. The van der Waals surface area contributed by atoms with E-state index in [2.05, 4.69) is 4.98 Å². The molecule has 2 aromatic carbocycles. The number of thiazole rings is 1. The van der Waals surface area contributed by atoms with Gasteiger partial charge in [-0.2, -0.15) is 0 Å². The van der Waals surface area contributed by atoms with E-state index in [1.807, 2.05) is 30.0 Å². The Morgan fingerprint density at radius 1 is 1.16 bits per heavy atom. The number of halogens is 1. The zero-order chi connectivity index (χ0) is 21.4. The van der Waals surface area contributed by atoms with Gasteiger partial charge in [0.2, 0.25) is 5.91 Å². The molecule has 3 heterocycles. The van der Waals surface area contributed by atoms with E-state index in [-0.39, 0.29) is 17.8 Å². The van der Waals surface area contributed by atoms with Crippen molar-refractivity contribution < 1.29 is 18.7 Å². The van der Waals surface area contributed by atoms with Gasteiger partial charge in [0, 0.05) is 17.0 Å². The smallest absolute Gasteiger partial charge is 0.228 e. The monoisotopic (exact) mass is 438 g/mol. The highest BCUT2D eigenvalue weighted by molar-refractivity contribution is 7.12. The Hall–Kier alpha value is -2.93. The van der Waals surface area contributed by atoms with Crippen LogP contribution in [0.4, 0.5) is 4.39 Å². The molecule has 0 N–H and O–H groups in total. The summed E-state index contributed by atoms with van der Waals surface area (Å²) in [5.41, 5.74) is 2.68. The molecular weight excluding hydrogens is 415 g/mol. The molecule has 0 aliphatic carbocycles. The van der Waals surface area contributed by atoms with E-state index in [0.717, 1.165) is 57.6 Å². The standard InChI is InChI=1S/C24H23FN2O3S/c1-15-26-24(16-4-7-18(25)8-5-16)22(31-15)14-23(28)27-10-2-3-19(27)17-6-9-20-21(13-17)30-12-11-29-20/h4-9,13,19H,2-3,10-12,14H2,1H3/t19-/m1/s1. The largest absolute Gasteiger partial charge is 0.486 e. The maximum atomic E-state index is 13.3. The lowest BCUT2D eigenvalue weighted by molar-refractivity contribution is -0.131. The lowest BCUT2D eigenvalue weighted by Crippen LogP contribution is -2.31. The summed E-state index contributed by atoms with van der Waals surface area (Å²) in [6.07, 6.45) is 2.19. The van der Waals surface area contributed by atoms with Crippen LogP contribution in [0.25, 0.3) is 11.3 Å². The number of likely N-dealkylation sites (tertiary alicyclic amines) is 1. The Balaban J connectivity index is 1.38. The van der Waals surface area contributed by atoms with E-state index in [9.17, 15) is 9.18 Å². The molecule has 5 rings (SSSR count). The molecule has 1 saturated heterocycles. The SMILES string of the molecule is Cc1nc(-c2ccc(F)cc2)c(CC(=O)N2CCC[C@@H]2c2ccc3c(c2)OCCO3)s1. The average molecular weight is 439 g/mol. The van der Waals surface area contributed by atoms with Crippen LogP contribution in [-0.4, -0.2) is 35.5 Å². The van der Waals surface area contributed by atoms with Gasteiger partial charge >= 0.3 is 0 Å². The van der Waals surface area contributed by atoms with Gasteiger partial charge < -0.3 is 14.4 Å². The summed E-state index contributed by atoms with van der Waals surface area (Å²) in [4.78, 5) is 20.8. The second-order valence-corrected chi connectivity index (χ2v) is 9.12. The van der Waals surface area contributed by atoms with Crippen molar-refractivity contribution in [3.05, 3.63) is 63.7 Å². The molecule has 1 aromatic heterocycles. The third kappa shape index (κ3) is 4.02. The molecule has 160 valence electrons. The number of rotatable bonds is 4. The molecule has 0 radical (unpaired) electrons. The fourth-order valence-electron chi connectivity index (χ4n) is 4.34. The third-order valence-corrected chi connectivity index (χ3v) is 6.73. The molecule has 7 heteroatoms. The maximum absolute atomic E-state index is 13.3. The molecule has 5 nitrogen and oxygen atoms in total. The number of hydrogen-bond acceptors (Lipinski definition) is 5. The first kappa shape index (κ1) is 20.0. The summed E-state index contributed by atoms with van der Waals surface area (Å²) in [7, 11) is 0. The summed E-state index contributed by atoms with van der Waals surface area (Å²) in [5.74, 6) is 1.31. The second kappa shape index (κ2) is 8.30. The number of benzene rings is 2. The number of hydrogen-bond donors (Lipinski definition) is 0. The summed E-state index contributed by atoms with van der Waals surface area (Å²) in [5, 5.41) is 0.895. The summed E-state index contributed by atoms with van der Waals surface area (Å²) >= 11 is 1.53. The molecule has 3 aromatic rings. The predicted octanol–water partition coefficient (Wildman–Crippen LogP) is 4.94. The fraction of sp³-hybridized carbons (Fsp3) is 0.333. The first-order chi connectivity index (χ1) is 15.1. The van der Waals surface area contributed by atoms with Gasteiger partial charge in [-0.15, -0.1) is 11.3 Å². The van der Waals surface area contributed by atoms with Gasteiger partial charge in [0.05, 0.1) is 23.2 Å². The van der Waals surface area contributed by atoms with Gasteiger partial charge in [-0.25, -0.2) is 9.37 Å². The Morgan fingerprint density at radius 3 is 2.74 bits per heavy atom. The minimum absolute atomic E-state index is 0.0339. The van der Waals surface area contributed by atoms with Crippen LogP contribution in [0.2, 0.25) is 0 Å². The van der Waals surface area contributed by atoms with Gasteiger partial charge in [-0.1, -0.05) is 6.07 Å². The van der Waals surface area contributed by atoms with Crippen molar-refractivity contribution in [2.24, 2.45) is 0 Å². The minimum Gasteiger partial charge on any atom is -0.486 e. The maximum Gasteiger partial charge on any atom is 0.228 e. The Labute approximate surface area is 184 Å². The van der Waals surface area contributed by atoms with E-state index in [1.54, 1.807) is 12.1 Å². The van der Waals surface area contributed by atoms with Crippen LogP contribution in [0.15, 0.2) is 42.5 Å². The summed E-state index contributed by atoms with van der Waals surface area (Å²) in [6.45, 7) is 3.77. The van der Waals surface area contributed by atoms with E-state index in [4.69, 9.17) is 9.47 Å². The Kier molecular flexibility index (Phi) is 5.36. The zero-order valence-electron chi connectivity index (χ0n) is 17.3. The lowest BCUT2D eigenvalue weighted by Gasteiger charge is -2.27. The van der Waals surface area contributed by atoms with Crippen LogP contribution >= 0.6 is 11.3 Å². The first-order valence-corrected chi connectivity index (χ1v) is 11.3. The van der Waals surface area contributed by atoms with Crippen LogP contribution in [0, 0.1) is 12.7 Å². The van der Waals surface area contributed by atoms with Gasteiger partial charge in [0.25, 0.3) is 0 Å². The number of fused-ring (bicyclic) bond motifs is 1. The molecule has 0 spiro atoms. The van der Waals surface area contributed by atoms with Gasteiger partial charge in [-0.05, 0) is 61.7 Å². The molecule has 2 aliphatic rings. The van der Waals surface area contributed by atoms with Crippen molar-refractivity contribution in [3.8, 4) is 22.8 Å². The van der Waals surface area contributed by atoms with Crippen molar-refractivity contribution in [2.75, 3.05) is 19.8 Å². The van der Waals surface area contributed by atoms with Crippen LogP contribution in [-0.2, 0) is 11.2 Å². The van der Waals surface area contributed by atoms with E-state index >= 15 is 0 Å². The topological polar surface area (TPSA) is 51.7 Å². The molecule has 1 fully saturated rings. The first-order valence-electron chi connectivity index (χ1n) is 10.5. The lowest BCUT2D eigenvalue weighted by atomic mass is 10.0. The number of aromatic nitrogens is 1. The van der Waals surface area contributed by atoms with Gasteiger partial charge in [0.15, 0.2) is 11.5 Å². The highest BCUT2D eigenvalue weighted by Gasteiger charge is 2.31. The molecule has 1 atom stereocenters. The Morgan fingerprint density at radius 2 is 1.94 bits per heavy atom. The number of carbonyl (C=O) groups is 1. The molecule has 1 amide bonds. The summed E-state index contributed by atoms with van der Waals surface area (Å²) in [6, 6.07) is 12.3. The van der Waals surface area contributed by atoms with Crippen molar-refractivity contribution in [3.63, 3.8) is 0 Å². The van der Waals surface area contributed by atoms with Crippen molar-refractivity contribution in [1.29, 1.82) is 0 Å². The van der Waals surface area contributed by atoms with Crippen LogP contribution < -0.4 is 9.47 Å².